The second kappa shape index (κ2) is 7.14. The first kappa shape index (κ1) is 17.7. The third kappa shape index (κ3) is 3.22. The van der Waals surface area contributed by atoms with Gasteiger partial charge in [-0.2, -0.15) is 0 Å². The molecule has 0 saturated carbocycles. The fourth-order valence-corrected chi connectivity index (χ4v) is 4.19. The van der Waals surface area contributed by atoms with Gasteiger partial charge in [-0.3, -0.25) is 9.78 Å². The first-order valence-electron chi connectivity index (χ1n) is 9.75. The van der Waals surface area contributed by atoms with Crippen molar-refractivity contribution in [1.82, 2.24) is 19.4 Å². The molecule has 3 heterocycles. The van der Waals surface area contributed by atoms with Crippen LogP contribution in [0.4, 0.5) is 0 Å². The molecule has 0 spiro atoms. The van der Waals surface area contributed by atoms with Gasteiger partial charge in [-0.1, -0.05) is 18.2 Å². The number of carbonyl (C=O) groups is 1. The number of hydrogen-bond donors (Lipinski definition) is 0. The summed E-state index contributed by atoms with van der Waals surface area (Å²) in [5.74, 6) is 1.51. The fourth-order valence-electron chi connectivity index (χ4n) is 4.19. The predicted molar refractivity (Wildman–Crippen MR) is 107 cm³/mol. The molecular weight excluding hydrogens is 336 g/mol. The molecule has 5 nitrogen and oxygen atoms in total. The molecule has 0 unspecified atom stereocenters. The van der Waals surface area contributed by atoms with Crippen molar-refractivity contribution in [2.45, 2.75) is 46.1 Å². The van der Waals surface area contributed by atoms with Crippen LogP contribution in [0.2, 0.25) is 0 Å². The van der Waals surface area contributed by atoms with Gasteiger partial charge in [-0.05, 0) is 45.2 Å². The van der Waals surface area contributed by atoms with Crippen LogP contribution < -0.4 is 0 Å². The number of hydrogen-bond acceptors (Lipinski definition) is 3. The van der Waals surface area contributed by atoms with Crippen LogP contribution in [0.1, 0.15) is 53.1 Å². The van der Waals surface area contributed by atoms with Gasteiger partial charge in [0.1, 0.15) is 5.82 Å². The third-order valence-corrected chi connectivity index (χ3v) is 5.56. The molecule has 140 valence electrons. The Morgan fingerprint density at radius 1 is 1.30 bits per heavy atom. The van der Waals surface area contributed by atoms with E-state index in [1.165, 1.54) is 0 Å². The van der Waals surface area contributed by atoms with Gasteiger partial charge in [-0.25, -0.2) is 4.98 Å². The summed E-state index contributed by atoms with van der Waals surface area (Å²) in [5, 5.41) is 0.947. The summed E-state index contributed by atoms with van der Waals surface area (Å²) in [5.41, 5.74) is 3.68. The molecule has 4 rings (SSSR count). The number of carbonyl (C=O) groups excluding carboxylic acids is 1. The zero-order valence-corrected chi connectivity index (χ0v) is 16.3. The Kier molecular flexibility index (Phi) is 4.68. The summed E-state index contributed by atoms with van der Waals surface area (Å²) >= 11 is 0. The van der Waals surface area contributed by atoms with E-state index in [-0.39, 0.29) is 5.91 Å². The number of aryl methyl sites for hydroxylation is 3. The van der Waals surface area contributed by atoms with Crippen molar-refractivity contribution in [2.75, 3.05) is 13.1 Å². The Morgan fingerprint density at radius 2 is 2.15 bits per heavy atom. The number of imidazole rings is 1. The molecule has 2 aromatic heterocycles. The second-order valence-electron chi connectivity index (χ2n) is 7.44. The summed E-state index contributed by atoms with van der Waals surface area (Å²) in [6.45, 7) is 8.57. The minimum Gasteiger partial charge on any atom is -0.338 e. The first-order valence-corrected chi connectivity index (χ1v) is 9.75. The SMILES string of the molecule is CCn1ccnc1[C@H]1CCCN(C(=O)c2cc(C)nc3c(C)cccc23)C1. The van der Waals surface area contributed by atoms with Crippen LogP contribution in [-0.4, -0.2) is 38.4 Å². The lowest BCUT2D eigenvalue weighted by Crippen LogP contribution is -2.40. The molecule has 3 aromatic rings. The molecule has 1 aliphatic rings. The predicted octanol–water partition coefficient (Wildman–Crippen LogP) is 4.09. The number of fused-ring (bicyclic) bond motifs is 1. The molecule has 5 heteroatoms. The minimum atomic E-state index is 0.107. The Bertz CT molecular complexity index is 991. The lowest BCUT2D eigenvalue weighted by molar-refractivity contribution is 0.0705. The average molecular weight is 362 g/mol. The van der Waals surface area contributed by atoms with Crippen LogP contribution >= 0.6 is 0 Å². The van der Waals surface area contributed by atoms with Crippen LogP contribution in [0.15, 0.2) is 36.7 Å². The summed E-state index contributed by atoms with van der Waals surface area (Å²) < 4.78 is 2.19. The van der Waals surface area contributed by atoms with Gasteiger partial charge in [-0.15, -0.1) is 0 Å². The number of piperidine rings is 1. The summed E-state index contributed by atoms with van der Waals surface area (Å²) in [7, 11) is 0. The van der Waals surface area contributed by atoms with Crippen molar-refractivity contribution in [3.63, 3.8) is 0 Å². The number of rotatable bonds is 3. The van der Waals surface area contributed by atoms with Crippen LogP contribution in [-0.2, 0) is 6.54 Å². The van der Waals surface area contributed by atoms with E-state index < -0.39 is 0 Å². The van der Waals surface area contributed by atoms with Gasteiger partial charge in [0.25, 0.3) is 5.91 Å². The van der Waals surface area contributed by atoms with E-state index in [2.05, 4.69) is 21.5 Å². The molecule has 0 radical (unpaired) electrons. The molecule has 1 amide bonds. The van der Waals surface area contributed by atoms with E-state index in [4.69, 9.17) is 0 Å². The zero-order valence-electron chi connectivity index (χ0n) is 16.3. The smallest absolute Gasteiger partial charge is 0.254 e. The van der Waals surface area contributed by atoms with Crippen molar-refractivity contribution in [1.29, 1.82) is 0 Å². The minimum absolute atomic E-state index is 0.107. The maximum atomic E-state index is 13.4. The van der Waals surface area contributed by atoms with E-state index in [9.17, 15) is 4.79 Å². The highest BCUT2D eigenvalue weighted by molar-refractivity contribution is 6.06. The van der Waals surface area contributed by atoms with Crippen LogP contribution in [0.5, 0.6) is 0 Å². The van der Waals surface area contributed by atoms with E-state index >= 15 is 0 Å². The lowest BCUT2D eigenvalue weighted by Gasteiger charge is -2.33. The quantitative estimate of drug-likeness (QED) is 0.705. The third-order valence-electron chi connectivity index (χ3n) is 5.56. The Balaban J connectivity index is 1.67. The zero-order chi connectivity index (χ0) is 19.0. The number of likely N-dealkylation sites (tertiary alicyclic amines) is 1. The van der Waals surface area contributed by atoms with E-state index in [0.717, 1.165) is 66.0 Å². The lowest BCUT2D eigenvalue weighted by atomic mass is 9.95. The number of amides is 1. The van der Waals surface area contributed by atoms with Crippen LogP contribution in [0.3, 0.4) is 0 Å². The fraction of sp³-hybridized carbons (Fsp3) is 0.409. The highest BCUT2D eigenvalue weighted by atomic mass is 16.2. The van der Waals surface area contributed by atoms with Gasteiger partial charge in [0.2, 0.25) is 0 Å². The van der Waals surface area contributed by atoms with Gasteiger partial charge in [0.15, 0.2) is 0 Å². The maximum Gasteiger partial charge on any atom is 0.254 e. The van der Waals surface area contributed by atoms with Crippen molar-refractivity contribution >= 4 is 16.8 Å². The molecule has 1 aromatic carbocycles. The molecule has 1 saturated heterocycles. The van der Waals surface area contributed by atoms with Crippen molar-refractivity contribution in [3.8, 4) is 0 Å². The standard InChI is InChI=1S/C22H26N4O/c1-4-25-12-10-23-21(25)17-8-6-11-26(14-17)22(27)19-13-16(3)24-20-15(2)7-5-9-18(19)20/h5,7,9-10,12-13,17H,4,6,8,11,14H2,1-3H3/t17-/m0/s1. The topological polar surface area (TPSA) is 51.0 Å². The highest BCUT2D eigenvalue weighted by Crippen LogP contribution is 2.29. The first-order chi connectivity index (χ1) is 13.1. The monoisotopic (exact) mass is 362 g/mol. The van der Waals surface area contributed by atoms with Gasteiger partial charge in [0.05, 0.1) is 11.1 Å². The number of aromatic nitrogens is 3. The Hall–Kier alpha value is -2.69. The Morgan fingerprint density at radius 3 is 2.96 bits per heavy atom. The number of para-hydroxylation sites is 1. The van der Waals surface area contributed by atoms with E-state index in [0.29, 0.717) is 5.92 Å². The summed E-state index contributed by atoms with van der Waals surface area (Å²) in [4.78, 5) is 24.6. The molecule has 1 fully saturated rings. The highest BCUT2D eigenvalue weighted by Gasteiger charge is 2.28. The molecule has 0 bridgehead atoms. The largest absolute Gasteiger partial charge is 0.338 e. The second-order valence-corrected chi connectivity index (χ2v) is 7.44. The van der Waals surface area contributed by atoms with E-state index in [1.807, 2.05) is 55.4 Å². The Labute approximate surface area is 160 Å². The van der Waals surface area contributed by atoms with Crippen LogP contribution in [0.25, 0.3) is 10.9 Å². The van der Waals surface area contributed by atoms with Crippen molar-refractivity contribution in [3.05, 3.63) is 59.3 Å². The van der Waals surface area contributed by atoms with Crippen molar-refractivity contribution < 1.29 is 4.79 Å². The normalized spacial score (nSPS) is 17.4. The summed E-state index contributed by atoms with van der Waals surface area (Å²) in [6, 6.07) is 7.99. The molecule has 1 aliphatic heterocycles. The number of nitrogens with zero attached hydrogens (tertiary/aromatic N) is 4. The molecule has 27 heavy (non-hydrogen) atoms. The summed E-state index contributed by atoms with van der Waals surface area (Å²) in [6.07, 6.45) is 5.98. The number of pyridine rings is 1. The van der Waals surface area contributed by atoms with Crippen molar-refractivity contribution in [2.24, 2.45) is 0 Å². The number of benzene rings is 1. The van der Waals surface area contributed by atoms with Gasteiger partial charge >= 0.3 is 0 Å². The van der Waals surface area contributed by atoms with Gasteiger partial charge in [0, 0.05) is 49.0 Å². The molecule has 1 atom stereocenters. The molecule has 0 aliphatic carbocycles. The maximum absolute atomic E-state index is 13.4. The van der Waals surface area contributed by atoms with Gasteiger partial charge < -0.3 is 9.47 Å². The molecular formula is C22H26N4O. The average Bonchev–Trinajstić information content (AvgIpc) is 3.16. The van der Waals surface area contributed by atoms with Crippen LogP contribution in [0, 0.1) is 13.8 Å². The van der Waals surface area contributed by atoms with E-state index in [1.54, 1.807) is 0 Å². The molecule has 0 N–H and O–H groups in total.